The molecule has 0 radical (unpaired) electrons. The highest BCUT2D eigenvalue weighted by molar-refractivity contribution is 6.39. The van der Waals surface area contributed by atoms with Gasteiger partial charge in [-0.1, -0.05) is 36.4 Å². The van der Waals surface area contributed by atoms with Crippen LogP contribution < -0.4 is 10.6 Å². The number of rotatable bonds is 2. The van der Waals surface area contributed by atoms with Crippen molar-refractivity contribution in [2.45, 2.75) is 0 Å². The molecule has 2 aromatic rings. The summed E-state index contributed by atoms with van der Waals surface area (Å²) in [6.07, 6.45) is 2.45. The van der Waals surface area contributed by atoms with Crippen LogP contribution in [0.1, 0.15) is 11.1 Å². The molecule has 0 aromatic heterocycles. The average molecular weight is 342 g/mol. The molecule has 2 N–H and O–H groups in total. The molecule has 0 fully saturated rings. The molecule has 6 nitrogen and oxygen atoms in total. The van der Waals surface area contributed by atoms with Gasteiger partial charge in [0.05, 0.1) is 11.1 Å². The molecule has 6 heteroatoms. The smallest absolute Gasteiger partial charge is 0.258 e. The van der Waals surface area contributed by atoms with Crippen LogP contribution in [0.25, 0.3) is 33.4 Å². The van der Waals surface area contributed by atoms with E-state index >= 15 is 0 Å². The van der Waals surface area contributed by atoms with E-state index in [1.165, 1.54) is 12.2 Å². The van der Waals surface area contributed by atoms with Crippen molar-refractivity contribution in [3.8, 4) is 22.3 Å². The summed E-state index contributed by atoms with van der Waals surface area (Å²) >= 11 is 0. The van der Waals surface area contributed by atoms with Crippen LogP contribution in [0.5, 0.6) is 0 Å². The Bertz CT molecular complexity index is 1150. The van der Waals surface area contributed by atoms with E-state index in [2.05, 4.69) is 10.6 Å². The maximum absolute atomic E-state index is 12.3. The Balaban J connectivity index is 1.82. The molecule has 2 aromatic carbocycles. The first kappa shape index (κ1) is 14.5. The molecule has 5 rings (SSSR count). The second kappa shape index (κ2) is 4.86. The molecule has 26 heavy (non-hydrogen) atoms. The first-order valence-corrected chi connectivity index (χ1v) is 7.96. The van der Waals surface area contributed by atoms with Gasteiger partial charge in [0.2, 0.25) is 0 Å². The van der Waals surface area contributed by atoms with Crippen molar-refractivity contribution in [3.63, 3.8) is 0 Å². The Hall–Kier alpha value is -3.80. The fourth-order valence-corrected chi connectivity index (χ4v) is 3.69. The molecule has 0 spiro atoms. The number of amides is 4. The van der Waals surface area contributed by atoms with Gasteiger partial charge >= 0.3 is 0 Å². The van der Waals surface area contributed by atoms with Gasteiger partial charge in [0, 0.05) is 17.7 Å². The number of imide groups is 2. The molecule has 0 unspecified atom stereocenters. The van der Waals surface area contributed by atoms with Crippen molar-refractivity contribution in [2.75, 3.05) is 0 Å². The summed E-state index contributed by atoms with van der Waals surface area (Å²) in [4.78, 5) is 47.8. The molecule has 4 amide bonds. The summed E-state index contributed by atoms with van der Waals surface area (Å²) in [6, 6.07) is 11.3. The van der Waals surface area contributed by atoms with E-state index in [-0.39, 0.29) is 11.1 Å². The van der Waals surface area contributed by atoms with Gasteiger partial charge in [0.1, 0.15) is 0 Å². The molecule has 0 atom stereocenters. The lowest BCUT2D eigenvalue weighted by Gasteiger charge is -2.28. The van der Waals surface area contributed by atoms with E-state index in [9.17, 15) is 19.2 Å². The van der Waals surface area contributed by atoms with Crippen LogP contribution in [-0.4, -0.2) is 23.6 Å². The van der Waals surface area contributed by atoms with Crippen LogP contribution in [0.2, 0.25) is 0 Å². The summed E-state index contributed by atoms with van der Waals surface area (Å²) < 4.78 is 0. The maximum atomic E-state index is 12.3. The molecular formula is C20H10N2O4. The molecule has 124 valence electrons. The molecule has 3 aliphatic rings. The number of carbonyl (C=O) groups is 4. The minimum absolute atomic E-state index is 0.185. The Morgan fingerprint density at radius 1 is 0.538 bits per heavy atom. The van der Waals surface area contributed by atoms with E-state index < -0.39 is 23.6 Å². The third-order valence-corrected chi connectivity index (χ3v) is 4.77. The Morgan fingerprint density at radius 2 is 1.12 bits per heavy atom. The monoisotopic (exact) mass is 342 g/mol. The SMILES string of the molecule is O=C1C=C(c2ccc3c(c2C2=CC(=O)NC2=O)-c2ccccc2-3)C(=O)N1. The molecule has 0 saturated carbocycles. The van der Waals surface area contributed by atoms with Crippen LogP contribution in [0.4, 0.5) is 0 Å². The van der Waals surface area contributed by atoms with Crippen LogP contribution in [0.15, 0.2) is 48.6 Å². The van der Waals surface area contributed by atoms with Gasteiger partial charge in [-0.25, -0.2) is 0 Å². The summed E-state index contributed by atoms with van der Waals surface area (Å²) in [5, 5.41) is 4.46. The number of nitrogens with one attached hydrogen (secondary N) is 2. The van der Waals surface area contributed by atoms with Crippen LogP contribution in [-0.2, 0) is 19.2 Å². The van der Waals surface area contributed by atoms with Crippen LogP contribution in [0, 0.1) is 0 Å². The summed E-state index contributed by atoms with van der Waals surface area (Å²) in [6.45, 7) is 0. The third-order valence-electron chi connectivity index (χ3n) is 4.77. The largest absolute Gasteiger partial charge is 0.289 e. The second-order valence-electron chi connectivity index (χ2n) is 6.21. The van der Waals surface area contributed by atoms with Crippen LogP contribution >= 0.6 is 0 Å². The minimum Gasteiger partial charge on any atom is -0.289 e. The van der Waals surface area contributed by atoms with E-state index in [4.69, 9.17) is 0 Å². The molecule has 1 aliphatic carbocycles. The summed E-state index contributed by atoms with van der Waals surface area (Å²) in [7, 11) is 0. The topological polar surface area (TPSA) is 92.3 Å². The highest BCUT2D eigenvalue weighted by Gasteiger charge is 2.35. The maximum Gasteiger partial charge on any atom is 0.258 e. The van der Waals surface area contributed by atoms with Crippen molar-refractivity contribution in [1.29, 1.82) is 0 Å². The van der Waals surface area contributed by atoms with Gasteiger partial charge < -0.3 is 0 Å². The first-order valence-electron chi connectivity index (χ1n) is 7.96. The number of hydrogen-bond donors (Lipinski definition) is 2. The van der Waals surface area contributed by atoms with Gasteiger partial charge in [-0.2, -0.15) is 0 Å². The lowest BCUT2D eigenvalue weighted by Crippen LogP contribution is -2.23. The predicted octanol–water partition coefficient (Wildman–Crippen LogP) is 1.41. The normalized spacial score (nSPS) is 17.1. The van der Waals surface area contributed by atoms with Crippen molar-refractivity contribution in [2.24, 2.45) is 0 Å². The third kappa shape index (κ3) is 1.81. The van der Waals surface area contributed by atoms with Gasteiger partial charge in [0.25, 0.3) is 23.6 Å². The van der Waals surface area contributed by atoms with E-state index in [0.29, 0.717) is 11.1 Å². The first-order chi connectivity index (χ1) is 12.5. The molecule has 0 bridgehead atoms. The van der Waals surface area contributed by atoms with Gasteiger partial charge in [-0.05, 0) is 27.8 Å². The van der Waals surface area contributed by atoms with E-state index in [1.54, 1.807) is 6.07 Å². The Kier molecular flexibility index (Phi) is 2.72. The predicted molar refractivity (Wildman–Crippen MR) is 93.1 cm³/mol. The Morgan fingerprint density at radius 3 is 1.73 bits per heavy atom. The van der Waals surface area contributed by atoms with Crippen molar-refractivity contribution >= 4 is 34.8 Å². The zero-order chi connectivity index (χ0) is 18.0. The summed E-state index contributed by atoms with van der Waals surface area (Å²) in [5.41, 5.74) is 5.08. The highest BCUT2D eigenvalue weighted by atomic mass is 16.2. The average Bonchev–Trinajstić information content (AvgIpc) is 3.11. The number of hydrogen-bond acceptors (Lipinski definition) is 4. The standard InChI is InChI=1S/C20H10N2O4/c23-15-7-13(19(25)21-15)12-6-5-11-9-3-1-2-4-10(9)17(11)18(12)14-8-16(24)22-20(14)26/h1-8H,(H,21,23,25)(H,22,24,26). The zero-order valence-electron chi connectivity index (χ0n) is 13.3. The number of fused-ring (bicyclic) bond motifs is 4. The zero-order valence-corrected chi connectivity index (χ0v) is 13.3. The Labute approximate surface area is 147 Å². The summed E-state index contributed by atoms with van der Waals surface area (Å²) in [5.74, 6) is -2.03. The lowest BCUT2D eigenvalue weighted by molar-refractivity contribution is -0.124. The van der Waals surface area contributed by atoms with Gasteiger partial charge in [0.15, 0.2) is 0 Å². The minimum atomic E-state index is -0.519. The fourth-order valence-electron chi connectivity index (χ4n) is 3.69. The van der Waals surface area contributed by atoms with Crippen molar-refractivity contribution in [3.05, 3.63) is 59.7 Å². The highest BCUT2D eigenvalue weighted by Crippen LogP contribution is 2.52. The van der Waals surface area contributed by atoms with Gasteiger partial charge in [-0.3, -0.25) is 29.8 Å². The fraction of sp³-hybridized carbons (Fsp3) is 0. The molecular weight excluding hydrogens is 332 g/mol. The van der Waals surface area contributed by atoms with Crippen LogP contribution in [0.3, 0.4) is 0 Å². The second-order valence-corrected chi connectivity index (χ2v) is 6.21. The van der Waals surface area contributed by atoms with E-state index in [0.717, 1.165) is 22.3 Å². The van der Waals surface area contributed by atoms with Gasteiger partial charge in [-0.15, -0.1) is 0 Å². The van der Waals surface area contributed by atoms with Crippen molar-refractivity contribution < 1.29 is 19.2 Å². The molecule has 2 heterocycles. The lowest BCUT2D eigenvalue weighted by atomic mass is 9.74. The number of carbonyl (C=O) groups excluding carboxylic acids is 4. The van der Waals surface area contributed by atoms with E-state index in [1.807, 2.05) is 30.3 Å². The quantitative estimate of drug-likeness (QED) is 0.689. The molecule has 2 aliphatic heterocycles. The molecule has 0 saturated heterocycles. The van der Waals surface area contributed by atoms with Crippen molar-refractivity contribution in [1.82, 2.24) is 10.6 Å². The number of benzene rings is 2.